The number of fused-ring (bicyclic) bond motifs is 1. The molecular weight excluding hydrogens is 382 g/mol. The first kappa shape index (κ1) is 19.3. The van der Waals surface area contributed by atoms with Crippen LogP contribution in [0.15, 0.2) is 30.5 Å². The first-order valence-corrected chi connectivity index (χ1v) is 9.36. The van der Waals surface area contributed by atoms with Crippen molar-refractivity contribution in [1.29, 1.82) is 0 Å². The minimum Gasteiger partial charge on any atom is -0.497 e. The van der Waals surface area contributed by atoms with Crippen molar-refractivity contribution >= 4 is 17.5 Å². The number of nitrogens with one attached hydrogen (secondary N) is 1. The molecule has 3 aromatic rings. The summed E-state index contributed by atoms with van der Waals surface area (Å²) in [5, 5.41) is 7.48. The Morgan fingerprint density at radius 1 is 1.17 bits per heavy atom. The third-order valence-corrected chi connectivity index (χ3v) is 4.71. The second-order valence-corrected chi connectivity index (χ2v) is 6.65. The minimum atomic E-state index is -2.47. The number of halogens is 2. The first-order chi connectivity index (χ1) is 14.1. The van der Waals surface area contributed by atoms with E-state index in [-0.39, 0.29) is 0 Å². The quantitative estimate of drug-likeness (QED) is 0.648. The Morgan fingerprint density at radius 3 is 2.62 bits per heavy atom. The van der Waals surface area contributed by atoms with Crippen LogP contribution >= 0.6 is 0 Å². The van der Waals surface area contributed by atoms with Crippen molar-refractivity contribution in [3.05, 3.63) is 41.6 Å². The van der Waals surface area contributed by atoms with Crippen LogP contribution < -0.4 is 15.0 Å². The van der Waals surface area contributed by atoms with Gasteiger partial charge in [0.2, 0.25) is 18.3 Å². The molecule has 0 radical (unpaired) electrons. The van der Waals surface area contributed by atoms with E-state index < -0.39 is 12.8 Å². The molecule has 0 bridgehead atoms. The predicted molar refractivity (Wildman–Crippen MR) is 104 cm³/mol. The summed E-state index contributed by atoms with van der Waals surface area (Å²) in [6.45, 7) is 2.93. The fourth-order valence-electron chi connectivity index (χ4n) is 3.17. The van der Waals surface area contributed by atoms with Gasteiger partial charge < -0.3 is 19.7 Å². The Balaban J connectivity index is 1.65. The smallest absolute Gasteiger partial charge is 0.242 e. The van der Waals surface area contributed by atoms with Gasteiger partial charge in [-0.05, 0) is 17.7 Å². The fraction of sp³-hybridized carbons (Fsp3) is 0.421. The number of anilines is 2. The molecule has 1 aliphatic rings. The number of aromatic nitrogens is 4. The molecule has 0 unspecified atom stereocenters. The van der Waals surface area contributed by atoms with Crippen molar-refractivity contribution in [2.45, 2.75) is 19.4 Å². The molecule has 8 nitrogen and oxygen atoms in total. The number of rotatable bonds is 7. The topological polar surface area (TPSA) is 76.8 Å². The van der Waals surface area contributed by atoms with Crippen molar-refractivity contribution in [2.24, 2.45) is 0 Å². The van der Waals surface area contributed by atoms with E-state index in [0.717, 1.165) is 11.3 Å². The Kier molecular flexibility index (Phi) is 5.70. The van der Waals surface area contributed by atoms with Gasteiger partial charge in [-0.15, -0.1) is 0 Å². The molecule has 10 heteroatoms. The summed E-state index contributed by atoms with van der Waals surface area (Å²) < 4.78 is 38.0. The van der Waals surface area contributed by atoms with Crippen molar-refractivity contribution in [2.75, 3.05) is 43.6 Å². The molecular formula is C19H22F2N6O2. The summed E-state index contributed by atoms with van der Waals surface area (Å²) in [4.78, 5) is 11.1. The zero-order chi connectivity index (χ0) is 20.2. The standard InChI is InChI=1S/C19H22F2N6O2/c1-28-15-4-2-13(3-5-15)11-22-18-25-19(26-6-8-29-9-7-26)24-17-14(10-16(20)21)12-23-27(17)18/h2-5,12,16H,6-11H2,1H3,(H,22,24,25). The van der Waals surface area contributed by atoms with Crippen LogP contribution in [0.2, 0.25) is 0 Å². The van der Waals surface area contributed by atoms with Gasteiger partial charge in [0.1, 0.15) is 5.75 Å². The molecule has 1 N–H and O–H groups in total. The van der Waals surface area contributed by atoms with E-state index in [4.69, 9.17) is 9.47 Å². The lowest BCUT2D eigenvalue weighted by atomic mass is 10.2. The van der Waals surface area contributed by atoms with Crippen molar-refractivity contribution < 1.29 is 18.3 Å². The van der Waals surface area contributed by atoms with E-state index in [9.17, 15) is 8.78 Å². The van der Waals surface area contributed by atoms with Gasteiger partial charge in [-0.3, -0.25) is 0 Å². The summed E-state index contributed by atoms with van der Waals surface area (Å²) in [6, 6.07) is 7.64. The van der Waals surface area contributed by atoms with E-state index in [2.05, 4.69) is 20.4 Å². The Labute approximate surface area is 166 Å². The van der Waals surface area contributed by atoms with Gasteiger partial charge in [0, 0.05) is 31.6 Å². The highest BCUT2D eigenvalue weighted by atomic mass is 19.3. The molecule has 154 valence electrons. The van der Waals surface area contributed by atoms with E-state index in [0.29, 0.717) is 56.0 Å². The van der Waals surface area contributed by atoms with Gasteiger partial charge in [0.05, 0.1) is 26.5 Å². The average Bonchev–Trinajstić information content (AvgIpc) is 3.15. The lowest BCUT2D eigenvalue weighted by Gasteiger charge is -2.27. The summed E-state index contributed by atoms with van der Waals surface area (Å²) in [7, 11) is 1.62. The molecule has 2 aromatic heterocycles. The number of benzene rings is 1. The van der Waals surface area contributed by atoms with Crippen LogP contribution in [0.4, 0.5) is 20.7 Å². The molecule has 0 aliphatic carbocycles. The summed E-state index contributed by atoms with van der Waals surface area (Å²) in [5.41, 5.74) is 1.80. The number of nitrogens with zero attached hydrogens (tertiary/aromatic N) is 5. The van der Waals surface area contributed by atoms with Gasteiger partial charge in [-0.2, -0.15) is 19.6 Å². The number of ether oxygens (including phenoxy) is 2. The molecule has 0 atom stereocenters. The largest absolute Gasteiger partial charge is 0.497 e. The highest BCUT2D eigenvalue weighted by molar-refractivity contribution is 5.55. The van der Waals surface area contributed by atoms with Crippen LogP contribution in [0.3, 0.4) is 0 Å². The van der Waals surface area contributed by atoms with Crippen LogP contribution in [0.5, 0.6) is 5.75 Å². The Morgan fingerprint density at radius 2 is 1.93 bits per heavy atom. The van der Waals surface area contributed by atoms with Crippen molar-refractivity contribution in [3.8, 4) is 5.75 Å². The third-order valence-electron chi connectivity index (χ3n) is 4.71. The first-order valence-electron chi connectivity index (χ1n) is 9.36. The molecule has 4 rings (SSSR count). The van der Waals surface area contributed by atoms with Crippen LogP contribution in [0, 0.1) is 0 Å². The number of hydrogen-bond donors (Lipinski definition) is 1. The van der Waals surface area contributed by atoms with Gasteiger partial charge in [0.15, 0.2) is 5.65 Å². The second kappa shape index (κ2) is 8.56. The van der Waals surface area contributed by atoms with Crippen LogP contribution in [-0.2, 0) is 17.7 Å². The highest BCUT2D eigenvalue weighted by Gasteiger charge is 2.20. The lowest BCUT2D eigenvalue weighted by Crippen LogP contribution is -2.37. The minimum absolute atomic E-state index is 0.388. The number of hydrogen-bond acceptors (Lipinski definition) is 7. The predicted octanol–water partition coefficient (Wildman–Crippen LogP) is 2.39. The summed E-state index contributed by atoms with van der Waals surface area (Å²) in [5.74, 6) is 1.71. The number of methoxy groups -OCH3 is 1. The zero-order valence-electron chi connectivity index (χ0n) is 16.0. The van der Waals surface area contributed by atoms with E-state index >= 15 is 0 Å². The van der Waals surface area contributed by atoms with E-state index in [1.165, 1.54) is 10.7 Å². The fourth-order valence-corrected chi connectivity index (χ4v) is 3.17. The maximum absolute atomic E-state index is 13.0. The monoisotopic (exact) mass is 404 g/mol. The number of alkyl halides is 2. The highest BCUT2D eigenvalue weighted by Crippen LogP contribution is 2.21. The SMILES string of the molecule is COc1ccc(CNc2nc(N3CCOCC3)nc3c(CC(F)F)cnn23)cc1. The van der Waals surface area contributed by atoms with E-state index in [1.54, 1.807) is 7.11 Å². The lowest BCUT2D eigenvalue weighted by molar-refractivity contribution is 0.122. The van der Waals surface area contributed by atoms with Gasteiger partial charge >= 0.3 is 0 Å². The summed E-state index contributed by atoms with van der Waals surface area (Å²) >= 11 is 0. The van der Waals surface area contributed by atoms with Crippen LogP contribution in [0.1, 0.15) is 11.1 Å². The van der Waals surface area contributed by atoms with Crippen LogP contribution in [0.25, 0.3) is 5.65 Å². The molecule has 3 heterocycles. The maximum Gasteiger partial charge on any atom is 0.242 e. The molecule has 1 saturated heterocycles. The molecule has 0 spiro atoms. The van der Waals surface area contributed by atoms with Crippen molar-refractivity contribution in [3.63, 3.8) is 0 Å². The van der Waals surface area contributed by atoms with E-state index in [1.807, 2.05) is 29.2 Å². The maximum atomic E-state index is 13.0. The van der Waals surface area contributed by atoms with Crippen LogP contribution in [-0.4, -0.2) is 59.4 Å². The third kappa shape index (κ3) is 4.37. The molecule has 0 saturated carbocycles. The average molecular weight is 404 g/mol. The molecule has 1 fully saturated rings. The summed E-state index contributed by atoms with van der Waals surface area (Å²) in [6.07, 6.45) is -1.45. The zero-order valence-corrected chi connectivity index (χ0v) is 16.0. The molecule has 1 aliphatic heterocycles. The molecule has 1 aromatic carbocycles. The van der Waals surface area contributed by atoms with Gasteiger partial charge in [-0.1, -0.05) is 12.1 Å². The Bertz CT molecular complexity index is 957. The Hall–Kier alpha value is -3.01. The normalized spacial score (nSPS) is 14.6. The molecule has 0 amide bonds. The molecule has 29 heavy (non-hydrogen) atoms. The van der Waals surface area contributed by atoms with Gasteiger partial charge in [-0.25, -0.2) is 8.78 Å². The van der Waals surface area contributed by atoms with Crippen molar-refractivity contribution in [1.82, 2.24) is 19.6 Å². The van der Waals surface area contributed by atoms with Gasteiger partial charge in [0.25, 0.3) is 0 Å². The number of morpholine rings is 1. The second-order valence-electron chi connectivity index (χ2n) is 6.65.